The lowest BCUT2D eigenvalue weighted by atomic mass is 9.72. The minimum Gasteiger partial charge on any atom is -0.393 e. The van der Waals surface area contributed by atoms with Crippen molar-refractivity contribution in [1.29, 1.82) is 0 Å². The Morgan fingerprint density at radius 1 is 1.25 bits per heavy atom. The predicted octanol–water partition coefficient (Wildman–Crippen LogP) is 1.54. The molecule has 1 aliphatic rings. The van der Waals surface area contributed by atoms with E-state index >= 15 is 0 Å². The average Bonchev–Trinajstić information content (AvgIpc) is 1.90. The highest BCUT2D eigenvalue weighted by Crippen LogP contribution is 2.37. The van der Waals surface area contributed by atoms with Gasteiger partial charge >= 0.3 is 0 Å². The zero-order chi connectivity index (χ0) is 9.41. The molecule has 1 unspecified atom stereocenters. The lowest BCUT2D eigenvalue weighted by Crippen LogP contribution is -2.50. The molecule has 2 heteroatoms. The Morgan fingerprint density at radius 3 is 2.42 bits per heavy atom. The number of aliphatic hydroxyl groups excluding tert-OH is 1. The first kappa shape index (κ1) is 10.0. The van der Waals surface area contributed by atoms with E-state index < -0.39 is 0 Å². The smallest absolute Gasteiger partial charge is 0.0558 e. The van der Waals surface area contributed by atoms with Gasteiger partial charge < -0.3 is 10.4 Å². The second-order valence-electron chi connectivity index (χ2n) is 5.08. The molecule has 0 aromatic carbocycles. The standard InChI is InChI=1S/C10H21NO/c1-9(2)7-8(12)5-6-11-10(9,3)4/h8,11-12H,5-7H2,1-4H3. The second kappa shape index (κ2) is 3.00. The van der Waals surface area contributed by atoms with Crippen molar-refractivity contribution in [3.63, 3.8) is 0 Å². The SMILES string of the molecule is CC1(C)CC(O)CCNC1(C)C. The summed E-state index contributed by atoms with van der Waals surface area (Å²) in [5, 5.41) is 13.1. The quantitative estimate of drug-likeness (QED) is 0.579. The highest BCUT2D eigenvalue weighted by molar-refractivity contribution is 4.96. The van der Waals surface area contributed by atoms with Crippen LogP contribution in [-0.4, -0.2) is 23.3 Å². The zero-order valence-electron chi connectivity index (χ0n) is 8.65. The van der Waals surface area contributed by atoms with Crippen LogP contribution in [0.4, 0.5) is 0 Å². The molecule has 0 aliphatic carbocycles. The molecule has 1 fully saturated rings. The molecule has 2 nitrogen and oxygen atoms in total. The van der Waals surface area contributed by atoms with Gasteiger partial charge in [-0.25, -0.2) is 0 Å². The van der Waals surface area contributed by atoms with Gasteiger partial charge in [-0.15, -0.1) is 0 Å². The van der Waals surface area contributed by atoms with Gasteiger partial charge in [-0.1, -0.05) is 13.8 Å². The molecule has 0 aromatic rings. The van der Waals surface area contributed by atoms with Crippen molar-refractivity contribution in [3.8, 4) is 0 Å². The van der Waals surface area contributed by atoms with E-state index in [0.29, 0.717) is 0 Å². The molecule has 72 valence electrons. The summed E-state index contributed by atoms with van der Waals surface area (Å²) in [6, 6.07) is 0. The van der Waals surface area contributed by atoms with E-state index in [1.165, 1.54) is 0 Å². The van der Waals surface area contributed by atoms with Crippen molar-refractivity contribution in [2.24, 2.45) is 5.41 Å². The molecule has 1 aliphatic heterocycles. The number of rotatable bonds is 0. The zero-order valence-corrected chi connectivity index (χ0v) is 8.65. The summed E-state index contributed by atoms with van der Waals surface area (Å²) in [5.74, 6) is 0. The Balaban J connectivity index is 2.78. The second-order valence-corrected chi connectivity index (χ2v) is 5.08. The molecular formula is C10H21NO. The maximum Gasteiger partial charge on any atom is 0.0558 e. The van der Waals surface area contributed by atoms with Crippen LogP contribution in [0, 0.1) is 5.41 Å². The van der Waals surface area contributed by atoms with Crippen molar-refractivity contribution >= 4 is 0 Å². The Bertz CT molecular complexity index is 163. The van der Waals surface area contributed by atoms with Crippen LogP contribution in [0.3, 0.4) is 0 Å². The first-order chi connectivity index (χ1) is 5.35. The van der Waals surface area contributed by atoms with Crippen LogP contribution in [0.1, 0.15) is 40.5 Å². The van der Waals surface area contributed by atoms with Crippen LogP contribution in [-0.2, 0) is 0 Å². The third-order valence-electron chi connectivity index (χ3n) is 3.48. The molecule has 1 atom stereocenters. The van der Waals surface area contributed by atoms with E-state index in [2.05, 4.69) is 33.0 Å². The first-order valence-corrected chi connectivity index (χ1v) is 4.78. The van der Waals surface area contributed by atoms with Crippen molar-refractivity contribution in [3.05, 3.63) is 0 Å². The summed E-state index contributed by atoms with van der Waals surface area (Å²) < 4.78 is 0. The number of hydrogen-bond donors (Lipinski definition) is 2. The van der Waals surface area contributed by atoms with Gasteiger partial charge in [0.05, 0.1) is 6.10 Å². The molecule has 12 heavy (non-hydrogen) atoms. The molecule has 0 bridgehead atoms. The fourth-order valence-corrected chi connectivity index (χ4v) is 1.74. The topological polar surface area (TPSA) is 32.3 Å². The molecule has 2 N–H and O–H groups in total. The molecule has 0 spiro atoms. The minimum absolute atomic E-state index is 0.129. The van der Waals surface area contributed by atoms with Crippen LogP contribution in [0.5, 0.6) is 0 Å². The maximum atomic E-state index is 9.62. The highest BCUT2D eigenvalue weighted by Gasteiger charge is 2.39. The fourth-order valence-electron chi connectivity index (χ4n) is 1.74. The van der Waals surface area contributed by atoms with Crippen LogP contribution in [0.2, 0.25) is 0 Å². The third-order valence-corrected chi connectivity index (χ3v) is 3.48. The Hall–Kier alpha value is -0.0800. The molecule has 0 amide bonds. The third kappa shape index (κ3) is 1.80. The van der Waals surface area contributed by atoms with Gasteiger partial charge in [-0.3, -0.25) is 0 Å². The van der Waals surface area contributed by atoms with Crippen LogP contribution in [0.25, 0.3) is 0 Å². The first-order valence-electron chi connectivity index (χ1n) is 4.78. The van der Waals surface area contributed by atoms with Crippen LogP contribution >= 0.6 is 0 Å². The lowest BCUT2D eigenvalue weighted by Gasteiger charge is -2.41. The highest BCUT2D eigenvalue weighted by atomic mass is 16.3. The van der Waals surface area contributed by atoms with E-state index in [9.17, 15) is 5.11 Å². The maximum absolute atomic E-state index is 9.62. The van der Waals surface area contributed by atoms with E-state index in [-0.39, 0.29) is 17.1 Å². The number of hydrogen-bond acceptors (Lipinski definition) is 2. The van der Waals surface area contributed by atoms with Crippen LogP contribution in [0.15, 0.2) is 0 Å². The van der Waals surface area contributed by atoms with E-state index in [1.807, 2.05) is 0 Å². The molecule has 0 saturated carbocycles. The van der Waals surface area contributed by atoms with Gasteiger partial charge in [0.2, 0.25) is 0 Å². The van der Waals surface area contributed by atoms with Gasteiger partial charge in [0.15, 0.2) is 0 Å². The van der Waals surface area contributed by atoms with Gasteiger partial charge in [0, 0.05) is 5.54 Å². The van der Waals surface area contributed by atoms with Crippen molar-refractivity contribution in [2.75, 3.05) is 6.54 Å². The van der Waals surface area contributed by atoms with Gasteiger partial charge in [0.25, 0.3) is 0 Å². The largest absolute Gasteiger partial charge is 0.393 e. The predicted molar refractivity (Wildman–Crippen MR) is 51.1 cm³/mol. The minimum atomic E-state index is -0.130. The summed E-state index contributed by atoms with van der Waals surface area (Å²) in [7, 11) is 0. The molecule has 1 saturated heterocycles. The molecular weight excluding hydrogens is 150 g/mol. The van der Waals surface area contributed by atoms with E-state index in [4.69, 9.17) is 0 Å². The lowest BCUT2D eigenvalue weighted by molar-refractivity contribution is 0.0849. The Morgan fingerprint density at radius 2 is 1.83 bits per heavy atom. The van der Waals surface area contributed by atoms with E-state index in [1.54, 1.807) is 0 Å². The summed E-state index contributed by atoms with van der Waals surface area (Å²) in [6.07, 6.45) is 1.65. The number of aliphatic hydroxyl groups is 1. The Labute approximate surface area is 75.4 Å². The average molecular weight is 171 g/mol. The van der Waals surface area contributed by atoms with Crippen LogP contribution < -0.4 is 5.32 Å². The summed E-state index contributed by atoms with van der Waals surface area (Å²) in [6.45, 7) is 9.79. The van der Waals surface area contributed by atoms with Crippen molar-refractivity contribution in [2.45, 2.75) is 52.2 Å². The summed E-state index contributed by atoms with van der Waals surface area (Å²) >= 11 is 0. The van der Waals surface area contributed by atoms with E-state index in [0.717, 1.165) is 19.4 Å². The summed E-state index contributed by atoms with van der Waals surface area (Å²) in [5.41, 5.74) is 0.299. The fraction of sp³-hybridized carbons (Fsp3) is 1.00. The molecule has 1 rings (SSSR count). The monoisotopic (exact) mass is 171 g/mol. The van der Waals surface area contributed by atoms with Gasteiger partial charge in [0.1, 0.15) is 0 Å². The molecule has 1 heterocycles. The number of nitrogens with one attached hydrogen (secondary N) is 1. The van der Waals surface area contributed by atoms with Crippen molar-refractivity contribution in [1.82, 2.24) is 5.32 Å². The van der Waals surface area contributed by atoms with Crippen molar-refractivity contribution < 1.29 is 5.11 Å². The summed E-state index contributed by atoms with van der Waals surface area (Å²) in [4.78, 5) is 0. The Kier molecular flexibility index (Phi) is 2.50. The normalized spacial score (nSPS) is 34.2. The molecule has 0 aromatic heterocycles. The van der Waals surface area contributed by atoms with Gasteiger partial charge in [-0.2, -0.15) is 0 Å². The van der Waals surface area contributed by atoms with Gasteiger partial charge in [-0.05, 0) is 38.6 Å². The molecule has 0 radical (unpaired) electrons.